The maximum absolute atomic E-state index is 12.6. The third-order valence-corrected chi connectivity index (χ3v) is 3.00. The van der Waals surface area contributed by atoms with E-state index in [2.05, 4.69) is 15.0 Å². The van der Waals surface area contributed by atoms with Gasteiger partial charge in [-0.25, -0.2) is 19.3 Å². The summed E-state index contributed by atoms with van der Waals surface area (Å²) < 4.78 is 19.5. The van der Waals surface area contributed by atoms with Gasteiger partial charge >= 0.3 is 0 Å². The number of imidazole rings is 1. The Labute approximate surface area is 101 Å². The van der Waals surface area contributed by atoms with Crippen LogP contribution in [0.5, 0.6) is 0 Å². The van der Waals surface area contributed by atoms with Crippen LogP contribution in [0.4, 0.5) is 10.2 Å². The molecule has 1 aliphatic rings. The minimum absolute atomic E-state index is 0.251. The number of alkyl halides is 1. The molecule has 3 heterocycles. The van der Waals surface area contributed by atoms with E-state index in [-0.39, 0.29) is 12.2 Å². The molecule has 0 spiro atoms. The summed E-state index contributed by atoms with van der Waals surface area (Å²) in [7, 11) is 0. The lowest BCUT2D eigenvalue weighted by molar-refractivity contribution is -0.0403. The van der Waals surface area contributed by atoms with Crippen molar-refractivity contribution in [2.75, 3.05) is 12.4 Å². The number of aliphatic hydroxyl groups is 1. The molecule has 0 saturated carbocycles. The first-order valence-corrected chi connectivity index (χ1v) is 5.53. The molecule has 1 saturated heterocycles. The number of rotatable bonds is 2. The number of nitrogen functional groups attached to an aromatic ring is 1. The van der Waals surface area contributed by atoms with Crippen LogP contribution >= 0.6 is 0 Å². The maximum atomic E-state index is 12.6. The van der Waals surface area contributed by atoms with Crippen molar-refractivity contribution in [3.63, 3.8) is 0 Å². The average Bonchev–Trinajstić information content (AvgIpc) is 2.93. The van der Waals surface area contributed by atoms with E-state index >= 15 is 0 Å². The summed E-state index contributed by atoms with van der Waals surface area (Å²) in [6, 6.07) is 0. The highest BCUT2D eigenvalue weighted by atomic mass is 19.1. The van der Waals surface area contributed by atoms with Crippen LogP contribution in [0.15, 0.2) is 12.7 Å². The first kappa shape index (κ1) is 11.3. The minimum atomic E-state index is -0.792. The van der Waals surface area contributed by atoms with Gasteiger partial charge in [0.2, 0.25) is 0 Å². The van der Waals surface area contributed by atoms with E-state index in [0.717, 1.165) is 0 Å². The number of aromatic nitrogens is 4. The van der Waals surface area contributed by atoms with Crippen LogP contribution in [0.2, 0.25) is 0 Å². The maximum Gasteiger partial charge on any atom is 0.167 e. The summed E-state index contributed by atoms with van der Waals surface area (Å²) in [6.45, 7) is -0.628. The topological polar surface area (TPSA) is 99.1 Å². The lowest BCUT2D eigenvalue weighted by Gasteiger charge is -2.16. The van der Waals surface area contributed by atoms with Gasteiger partial charge in [0.15, 0.2) is 17.7 Å². The number of ether oxygens (including phenoxy) is 1. The third kappa shape index (κ3) is 1.61. The zero-order valence-corrected chi connectivity index (χ0v) is 9.40. The summed E-state index contributed by atoms with van der Waals surface area (Å²) >= 11 is 0. The average molecular weight is 253 g/mol. The highest BCUT2D eigenvalue weighted by Gasteiger charge is 2.36. The highest BCUT2D eigenvalue weighted by molar-refractivity contribution is 5.81. The van der Waals surface area contributed by atoms with E-state index in [4.69, 9.17) is 10.5 Å². The van der Waals surface area contributed by atoms with E-state index in [1.165, 1.54) is 12.7 Å². The SMILES string of the molecule is Nc1ncnc2c1ncn2C1OC(CF)CC1O. The third-order valence-electron chi connectivity index (χ3n) is 3.00. The largest absolute Gasteiger partial charge is 0.388 e. The number of nitrogens with zero attached hydrogens (tertiary/aromatic N) is 4. The fraction of sp³-hybridized carbons (Fsp3) is 0.500. The van der Waals surface area contributed by atoms with Gasteiger partial charge in [-0.2, -0.15) is 0 Å². The molecule has 3 rings (SSSR count). The molecule has 1 aliphatic heterocycles. The molecule has 96 valence electrons. The quantitative estimate of drug-likeness (QED) is 0.783. The van der Waals surface area contributed by atoms with Gasteiger partial charge in [0, 0.05) is 6.42 Å². The van der Waals surface area contributed by atoms with Gasteiger partial charge in [0.05, 0.1) is 12.4 Å². The first-order valence-electron chi connectivity index (χ1n) is 5.53. The van der Waals surface area contributed by atoms with E-state index in [0.29, 0.717) is 11.2 Å². The van der Waals surface area contributed by atoms with Gasteiger partial charge < -0.3 is 15.6 Å². The Morgan fingerprint density at radius 3 is 3.06 bits per heavy atom. The minimum Gasteiger partial charge on any atom is -0.388 e. The van der Waals surface area contributed by atoms with E-state index in [9.17, 15) is 9.50 Å². The standard InChI is InChI=1S/C10H12FN5O2/c11-2-5-1-6(17)10(18-5)16-4-15-7-8(12)13-3-14-9(7)16/h3-6,10,17H,1-2H2,(H2,12,13,14). The smallest absolute Gasteiger partial charge is 0.167 e. The number of aliphatic hydroxyl groups excluding tert-OH is 1. The van der Waals surface area contributed by atoms with Crippen molar-refractivity contribution in [2.45, 2.75) is 24.9 Å². The van der Waals surface area contributed by atoms with Crippen LogP contribution in [0.1, 0.15) is 12.6 Å². The molecule has 3 atom stereocenters. The normalized spacial score (nSPS) is 28.0. The molecule has 2 aromatic heterocycles. The molecule has 0 amide bonds. The molecule has 0 radical (unpaired) electrons. The van der Waals surface area contributed by atoms with E-state index in [1.54, 1.807) is 4.57 Å². The number of hydrogen-bond acceptors (Lipinski definition) is 6. The summed E-state index contributed by atoms with van der Waals surface area (Å²) in [5.41, 5.74) is 6.57. The van der Waals surface area contributed by atoms with Crippen molar-refractivity contribution < 1.29 is 14.2 Å². The molecule has 7 nitrogen and oxygen atoms in total. The van der Waals surface area contributed by atoms with Gasteiger partial charge in [0.1, 0.15) is 24.6 Å². The van der Waals surface area contributed by atoms with Crippen molar-refractivity contribution >= 4 is 17.0 Å². The van der Waals surface area contributed by atoms with Crippen LogP contribution in [0.3, 0.4) is 0 Å². The Balaban J connectivity index is 2.02. The van der Waals surface area contributed by atoms with Crippen molar-refractivity contribution in [1.29, 1.82) is 0 Å². The number of nitrogens with two attached hydrogens (primary N) is 1. The first-order chi connectivity index (χ1) is 8.70. The molecular weight excluding hydrogens is 241 g/mol. The second-order valence-corrected chi connectivity index (χ2v) is 4.19. The van der Waals surface area contributed by atoms with Gasteiger partial charge in [-0.15, -0.1) is 0 Å². The van der Waals surface area contributed by atoms with Crippen molar-refractivity contribution in [1.82, 2.24) is 19.5 Å². The predicted molar refractivity (Wildman–Crippen MR) is 60.2 cm³/mol. The molecule has 8 heteroatoms. The lowest BCUT2D eigenvalue weighted by atomic mass is 10.2. The summed E-state index contributed by atoms with van der Waals surface area (Å²) in [5, 5.41) is 9.88. The highest BCUT2D eigenvalue weighted by Crippen LogP contribution is 2.31. The van der Waals surface area contributed by atoms with Crippen molar-refractivity contribution in [2.24, 2.45) is 0 Å². The Kier molecular flexibility index (Phi) is 2.60. The summed E-state index contributed by atoms with van der Waals surface area (Å²) in [6.07, 6.45) is 0.945. The Bertz CT molecular complexity index is 574. The van der Waals surface area contributed by atoms with Crippen molar-refractivity contribution in [3.8, 4) is 0 Å². The zero-order valence-electron chi connectivity index (χ0n) is 9.40. The second kappa shape index (κ2) is 4.14. The van der Waals surface area contributed by atoms with Gasteiger partial charge in [-0.05, 0) is 0 Å². The molecule has 0 aliphatic carbocycles. The molecule has 0 aromatic carbocycles. The molecule has 3 unspecified atom stereocenters. The molecule has 0 bridgehead atoms. The van der Waals surface area contributed by atoms with Crippen LogP contribution in [0.25, 0.3) is 11.2 Å². The monoisotopic (exact) mass is 253 g/mol. The number of hydrogen-bond donors (Lipinski definition) is 2. The Hall–Kier alpha value is -1.80. The van der Waals surface area contributed by atoms with Crippen LogP contribution in [0, 0.1) is 0 Å². The molecule has 2 aromatic rings. The number of fused-ring (bicyclic) bond motifs is 1. The van der Waals surface area contributed by atoms with Crippen LogP contribution < -0.4 is 5.73 Å². The van der Waals surface area contributed by atoms with Gasteiger partial charge in [-0.3, -0.25) is 4.57 Å². The molecule has 18 heavy (non-hydrogen) atoms. The zero-order chi connectivity index (χ0) is 12.7. The molecule has 1 fully saturated rings. The Morgan fingerprint density at radius 1 is 1.50 bits per heavy atom. The molecule has 3 N–H and O–H groups in total. The summed E-state index contributed by atoms with van der Waals surface area (Å²) in [5.74, 6) is 0.258. The fourth-order valence-electron chi connectivity index (χ4n) is 2.14. The van der Waals surface area contributed by atoms with Crippen LogP contribution in [-0.4, -0.2) is 43.5 Å². The van der Waals surface area contributed by atoms with Crippen molar-refractivity contribution in [3.05, 3.63) is 12.7 Å². The van der Waals surface area contributed by atoms with Crippen LogP contribution in [-0.2, 0) is 4.74 Å². The Morgan fingerprint density at radius 2 is 2.33 bits per heavy atom. The fourth-order valence-corrected chi connectivity index (χ4v) is 2.14. The summed E-state index contributed by atoms with van der Waals surface area (Å²) in [4.78, 5) is 12.0. The predicted octanol–water partition coefficient (Wildman–Crippen LogP) is 0.0264. The lowest BCUT2D eigenvalue weighted by Crippen LogP contribution is -2.19. The molecular formula is C10H12FN5O2. The van der Waals surface area contributed by atoms with E-state index < -0.39 is 25.1 Å². The number of anilines is 1. The van der Waals surface area contributed by atoms with Gasteiger partial charge in [0.25, 0.3) is 0 Å². The van der Waals surface area contributed by atoms with E-state index in [1.807, 2.05) is 0 Å². The number of halogens is 1. The second-order valence-electron chi connectivity index (χ2n) is 4.19. The van der Waals surface area contributed by atoms with Gasteiger partial charge in [-0.1, -0.05) is 0 Å².